The Kier molecular flexibility index (Phi) is 8.79. The molecule has 0 saturated heterocycles. The van der Waals surface area contributed by atoms with Crippen LogP contribution in [0.25, 0.3) is 0 Å². The third-order valence-electron chi connectivity index (χ3n) is 3.31. The van der Waals surface area contributed by atoms with Crippen LogP contribution in [0.4, 0.5) is 0 Å². The van der Waals surface area contributed by atoms with Crippen LogP contribution in [-0.2, 0) is 9.53 Å². The molecule has 0 spiro atoms. The number of amides is 1. The van der Waals surface area contributed by atoms with Crippen molar-refractivity contribution in [1.82, 2.24) is 10.6 Å². The number of aliphatic hydroxyl groups excluding tert-OH is 1. The van der Waals surface area contributed by atoms with Gasteiger partial charge in [-0.1, -0.05) is 26.2 Å². The second-order valence-electron chi connectivity index (χ2n) is 5.23. The quantitative estimate of drug-likeness (QED) is 0.581. The zero-order valence-corrected chi connectivity index (χ0v) is 12.0. The number of hydrogen-bond donors (Lipinski definition) is 3. The lowest BCUT2D eigenvalue weighted by Gasteiger charge is -2.23. The van der Waals surface area contributed by atoms with E-state index in [2.05, 4.69) is 10.6 Å². The predicted octanol–water partition coefficient (Wildman–Crippen LogP) is 0.812. The maximum atomic E-state index is 11.3. The highest BCUT2D eigenvalue weighted by molar-refractivity contribution is 5.77. The van der Waals surface area contributed by atoms with E-state index in [4.69, 9.17) is 4.74 Å². The largest absolute Gasteiger partial charge is 0.389 e. The van der Waals surface area contributed by atoms with Gasteiger partial charge in [-0.25, -0.2) is 0 Å². The molecule has 0 aromatic carbocycles. The molecule has 1 rings (SSSR count). The molecule has 1 atom stereocenters. The predicted molar refractivity (Wildman–Crippen MR) is 75.0 cm³/mol. The molecule has 1 amide bonds. The fraction of sp³-hybridized carbons (Fsp3) is 0.929. The summed E-state index contributed by atoms with van der Waals surface area (Å²) in [6, 6.07) is 0. The first kappa shape index (κ1) is 16.4. The molecular formula is C14H28N2O3. The van der Waals surface area contributed by atoms with Gasteiger partial charge in [0.15, 0.2) is 0 Å². The molecule has 0 aliphatic heterocycles. The van der Waals surface area contributed by atoms with Gasteiger partial charge in [-0.05, 0) is 19.3 Å². The van der Waals surface area contributed by atoms with Crippen LogP contribution in [-0.4, -0.2) is 49.5 Å². The normalized spacial score (nSPS) is 18.2. The molecule has 0 bridgehead atoms. The minimum atomic E-state index is -0.541. The summed E-state index contributed by atoms with van der Waals surface area (Å²) in [6.45, 7) is 3.72. The van der Waals surface area contributed by atoms with Gasteiger partial charge in [0, 0.05) is 13.1 Å². The highest BCUT2D eigenvalue weighted by Crippen LogP contribution is 2.20. The van der Waals surface area contributed by atoms with Crippen molar-refractivity contribution in [2.75, 3.05) is 26.2 Å². The molecule has 0 aromatic rings. The van der Waals surface area contributed by atoms with Crippen LogP contribution in [0.3, 0.4) is 0 Å². The van der Waals surface area contributed by atoms with Crippen LogP contribution in [0.15, 0.2) is 0 Å². The number of nitrogens with one attached hydrogen (secondary N) is 2. The van der Waals surface area contributed by atoms with Crippen LogP contribution in [0.5, 0.6) is 0 Å². The Morgan fingerprint density at radius 1 is 1.37 bits per heavy atom. The Labute approximate surface area is 116 Å². The number of ether oxygens (including phenoxy) is 1. The van der Waals surface area contributed by atoms with Crippen LogP contribution in [0.2, 0.25) is 0 Å². The fourth-order valence-electron chi connectivity index (χ4n) is 2.22. The van der Waals surface area contributed by atoms with E-state index >= 15 is 0 Å². The smallest absolute Gasteiger partial charge is 0.233 e. The van der Waals surface area contributed by atoms with Crippen molar-refractivity contribution in [2.24, 2.45) is 0 Å². The second kappa shape index (κ2) is 10.2. The lowest BCUT2D eigenvalue weighted by Crippen LogP contribution is -2.39. The van der Waals surface area contributed by atoms with Crippen molar-refractivity contribution in [3.63, 3.8) is 0 Å². The molecule has 0 radical (unpaired) electrons. The summed E-state index contributed by atoms with van der Waals surface area (Å²) < 4.78 is 5.68. The molecule has 5 nitrogen and oxygen atoms in total. The van der Waals surface area contributed by atoms with Gasteiger partial charge in [-0.15, -0.1) is 0 Å². The maximum Gasteiger partial charge on any atom is 0.233 e. The van der Waals surface area contributed by atoms with Gasteiger partial charge in [0.1, 0.15) is 0 Å². The summed E-state index contributed by atoms with van der Waals surface area (Å²) >= 11 is 0. The zero-order valence-electron chi connectivity index (χ0n) is 12.0. The first-order chi connectivity index (χ1) is 9.22. The minimum absolute atomic E-state index is 0.0257. The molecular weight excluding hydrogens is 244 g/mol. The van der Waals surface area contributed by atoms with Crippen molar-refractivity contribution < 1.29 is 14.6 Å². The number of carbonyl (C=O) groups is 1. The highest BCUT2D eigenvalue weighted by atomic mass is 16.5. The van der Waals surface area contributed by atoms with E-state index in [0.29, 0.717) is 25.8 Å². The van der Waals surface area contributed by atoms with Crippen molar-refractivity contribution in [3.05, 3.63) is 0 Å². The topological polar surface area (TPSA) is 70.6 Å². The number of rotatable bonds is 9. The third kappa shape index (κ3) is 8.18. The average molecular weight is 272 g/mol. The summed E-state index contributed by atoms with van der Waals surface area (Å²) in [7, 11) is 0. The molecule has 0 heterocycles. The summed E-state index contributed by atoms with van der Waals surface area (Å²) in [5, 5.41) is 15.5. The van der Waals surface area contributed by atoms with Crippen LogP contribution < -0.4 is 10.6 Å². The Bertz CT molecular complexity index is 243. The van der Waals surface area contributed by atoms with Gasteiger partial charge in [0.25, 0.3) is 0 Å². The van der Waals surface area contributed by atoms with Gasteiger partial charge in [-0.2, -0.15) is 0 Å². The molecule has 19 heavy (non-hydrogen) atoms. The van der Waals surface area contributed by atoms with Crippen molar-refractivity contribution in [3.8, 4) is 0 Å². The maximum absolute atomic E-state index is 11.3. The van der Waals surface area contributed by atoms with Crippen molar-refractivity contribution >= 4 is 5.91 Å². The molecule has 1 saturated carbocycles. The van der Waals surface area contributed by atoms with E-state index in [0.717, 1.165) is 19.3 Å². The van der Waals surface area contributed by atoms with Gasteiger partial charge in [0.2, 0.25) is 5.91 Å². The Hall–Kier alpha value is -0.650. The standard InChI is InChI=1S/C14H28N2O3/c1-2-8-16-14(18)10-15-9-12(17)11-19-13-6-4-3-5-7-13/h12-13,15,17H,2-11H2,1H3,(H,16,18). The average Bonchev–Trinajstić information content (AvgIpc) is 2.44. The lowest BCUT2D eigenvalue weighted by molar-refractivity contribution is -0.120. The minimum Gasteiger partial charge on any atom is -0.389 e. The van der Waals surface area contributed by atoms with Crippen LogP contribution >= 0.6 is 0 Å². The van der Waals surface area contributed by atoms with Crippen LogP contribution in [0, 0.1) is 0 Å². The van der Waals surface area contributed by atoms with Crippen LogP contribution in [0.1, 0.15) is 45.4 Å². The van der Waals surface area contributed by atoms with Gasteiger partial charge in [-0.3, -0.25) is 4.79 Å². The summed E-state index contributed by atoms with van der Waals surface area (Å²) in [6.07, 6.45) is 6.70. The summed E-state index contributed by atoms with van der Waals surface area (Å²) in [5.74, 6) is -0.0257. The van der Waals surface area contributed by atoms with Gasteiger partial charge < -0.3 is 20.5 Å². The van der Waals surface area contributed by atoms with E-state index in [1.165, 1.54) is 19.3 Å². The van der Waals surface area contributed by atoms with Gasteiger partial charge >= 0.3 is 0 Å². The monoisotopic (exact) mass is 272 g/mol. The van der Waals surface area contributed by atoms with E-state index in [1.54, 1.807) is 0 Å². The number of carbonyl (C=O) groups excluding carboxylic acids is 1. The summed E-state index contributed by atoms with van der Waals surface area (Å²) in [4.78, 5) is 11.3. The molecule has 0 aromatic heterocycles. The zero-order chi connectivity index (χ0) is 13.9. The molecule has 1 aliphatic rings. The van der Waals surface area contributed by atoms with E-state index in [9.17, 15) is 9.90 Å². The van der Waals surface area contributed by atoms with Crippen molar-refractivity contribution in [2.45, 2.75) is 57.7 Å². The third-order valence-corrected chi connectivity index (χ3v) is 3.31. The Balaban J connectivity index is 1.97. The first-order valence-electron chi connectivity index (χ1n) is 7.49. The molecule has 112 valence electrons. The van der Waals surface area contributed by atoms with Crippen molar-refractivity contribution in [1.29, 1.82) is 0 Å². The highest BCUT2D eigenvalue weighted by Gasteiger charge is 2.15. The van der Waals surface area contributed by atoms with E-state index in [-0.39, 0.29) is 12.5 Å². The fourth-order valence-corrected chi connectivity index (χ4v) is 2.22. The first-order valence-corrected chi connectivity index (χ1v) is 7.49. The summed E-state index contributed by atoms with van der Waals surface area (Å²) in [5.41, 5.74) is 0. The van der Waals surface area contributed by atoms with E-state index < -0.39 is 6.10 Å². The lowest BCUT2D eigenvalue weighted by atomic mass is 9.98. The molecule has 1 unspecified atom stereocenters. The SMILES string of the molecule is CCCNC(=O)CNCC(O)COC1CCCCC1. The molecule has 3 N–H and O–H groups in total. The second-order valence-corrected chi connectivity index (χ2v) is 5.23. The Morgan fingerprint density at radius 2 is 2.11 bits per heavy atom. The molecule has 5 heteroatoms. The Morgan fingerprint density at radius 3 is 2.79 bits per heavy atom. The molecule has 1 aliphatic carbocycles. The van der Waals surface area contributed by atoms with Gasteiger partial charge in [0.05, 0.1) is 25.4 Å². The number of hydrogen-bond acceptors (Lipinski definition) is 4. The molecule has 1 fully saturated rings. The number of aliphatic hydroxyl groups is 1. The van der Waals surface area contributed by atoms with E-state index in [1.807, 2.05) is 6.92 Å².